The van der Waals surface area contributed by atoms with Gasteiger partial charge in [-0.1, -0.05) is 41.9 Å². The summed E-state index contributed by atoms with van der Waals surface area (Å²) in [5.41, 5.74) is 2.45. The van der Waals surface area contributed by atoms with E-state index in [0.29, 0.717) is 28.3 Å². The highest BCUT2D eigenvalue weighted by Crippen LogP contribution is 2.38. The number of imide groups is 1. The summed E-state index contributed by atoms with van der Waals surface area (Å²) in [6.45, 7) is 0.250. The minimum atomic E-state index is -3.34. The van der Waals surface area contributed by atoms with Gasteiger partial charge in [0.1, 0.15) is 0 Å². The molecule has 0 spiro atoms. The molecule has 0 aromatic heterocycles. The number of halogens is 3. The quantitative estimate of drug-likeness (QED) is 0.736. The zero-order chi connectivity index (χ0) is 21.5. The van der Waals surface area contributed by atoms with Crippen molar-refractivity contribution in [1.29, 1.82) is 0 Å². The molecule has 2 aromatic rings. The van der Waals surface area contributed by atoms with E-state index in [2.05, 4.69) is 5.32 Å². The Kier molecular flexibility index (Phi) is 5.32. The number of alkyl halides is 2. The number of carbonyl (C=O) groups is 3. The van der Waals surface area contributed by atoms with Crippen LogP contribution in [0.4, 0.5) is 14.5 Å². The van der Waals surface area contributed by atoms with Crippen molar-refractivity contribution in [1.82, 2.24) is 5.32 Å². The smallest absolute Gasteiger partial charge is 0.307 e. The molecule has 4 rings (SSSR count). The van der Waals surface area contributed by atoms with Crippen LogP contribution < -0.4 is 10.2 Å². The van der Waals surface area contributed by atoms with E-state index in [4.69, 9.17) is 11.6 Å². The molecular formula is C22H19ClF2N2O3. The van der Waals surface area contributed by atoms with Gasteiger partial charge in [0.2, 0.25) is 11.8 Å². The zero-order valence-corrected chi connectivity index (χ0v) is 16.7. The molecule has 1 N–H and O–H groups in total. The fraction of sp³-hybridized carbons (Fsp3) is 0.318. The third-order valence-electron chi connectivity index (χ3n) is 5.56. The SMILES string of the molecule is O=C1CCC(c2cccc(-c3ccc(N4CCCC(F)(F)C4=O)cc3)c2Cl)C(=O)N1. The number of amides is 3. The molecule has 1 unspecified atom stereocenters. The van der Waals surface area contributed by atoms with Crippen molar-refractivity contribution >= 4 is 35.0 Å². The topological polar surface area (TPSA) is 66.5 Å². The monoisotopic (exact) mass is 432 g/mol. The van der Waals surface area contributed by atoms with Crippen LogP contribution >= 0.6 is 11.6 Å². The number of nitrogens with one attached hydrogen (secondary N) is 1. The van der Waals surface area contributed by atoms with E-state index in [-0.39, 0.29) is 31.2 Å². The lowest BCUT2D eigenvalue weighted by molar-refractivity contribution is -0.146. The number of carbonyl (C=O) groups excluding carboxylic acids is 3. The van der Waals surface area contributed by atoms with Crippen LogP contribution in [0.25, 0.3) is 11.1 Å². The van der Waals surface area contributed by atoms with Gasteiger partial charge in [0.15, 0.2) is 0 Å². The average Bonchev–Trinajstić information content (AvgIpc) is 2.71. The van der Waals surface area contributed by atoms with Gasteiger partial charge >= 0.3 is 5.92 Å². The fourth-order valence-corrected chi connectivity index (χ4v) is 4.33. The standard InChI is InChI=1S/C22H19ClF2N2O3/c23-19-15(3-1-4-16(19)17-9-10-18(28)26-20(17)29)13-5-7-14(8-6-13)27-12-2-11-22(24,25)21(27)30/h1,3-8,17H,2,9-12H2,(H,26,28,29). The number of piperidine rings is 2. The number of nitrogens with zero attached hydrogens (tertiary/aromatic N) is 1. The van der Waals surface area contributed by atoms with Crippen molar-refractivity contribution in [3.05, 3.63) is 53.1 Å². The van der Waals surface area contributed by atoms with Gasteiger partial charge < -0.3 is 4.90 Å². The molecule has 30 heavy (non-hydrogen) atoms. The highest BCUT2D eigenvalue weighted by atomic mass is 35.5. The summed E-state index contributed by atoms with van der Waals surface area (Å²) in [5.74, 6) is -5.69. The summed E-state index contributed by atoms with van der Waals surface area (Å²) < 4.78 is 27.5. The Morgan fingerprint density at radius 3 is 2.50 bits per heavy atom. The van der Waals surface area contributed by atoms with Crippen molar-refractivity contribution < 1.29 is 23.2 Å². The Labute approximate surface area is 177 Å². The third-order valence-corrected chi connectivity index (χ3v) is 5.99. The van der Waals surface area contributed by atoms with E-state index in [1.54, 1.807) is 42.5 Å². The highest BCUT2D eigenvalue weighted by molar-refractivity contribution is 6.34. The van der Waals surface area contributed by atoms with Crippen LogP contribution in [0.1, 0.15) is 37.2 Å². The van der Waals surface area contributed by atoms with E-state index in [9.17, 15) is 23.2 Å². The molecule has 3 amide bonds. The first-order valence-corrected chi connectivity index (χ1v) is 10.1. The summed E-state index contributed by atoms with van der Waals surface area (Å²) >= 11 is 6.60. The predicted molar refractivity (Wildman–Crippen MR) is 109 cm³/mol. The van der Waals surface area contributed by atoms with E-state index in [0.717, 1.165) is 10.5 Å². The Bertz CT molecular complexity index is 1020. The Hall–Kier alpha value is -2.80. The van der Waals surface area contributed by atoms with Crippen LogP contribution in [0.5, 0.6) is 0 Å². The first-order valence-electron chi connectivity index (χ1n) is 9.70. The minimum absolute atomic E-state index is 0.236. The summed E-state index contributed by atoms with van der Waals surface area (Å²) in [4.78, 5) is 36.8. The minimum Gasteiger partial charge on any atom is -0.307 e. The molecule has 156 valence electrons. The van der Waals surface area contributed by atoms with Crippen molar-refractivity contribution in [3.8, 4) is 11.1 Å². The van der Waals surface area contributed by atoms with E-state index < -0.39 is 24.2 Å². The number of rotatable bonds is 3. The second-order valence-corrected chi connectivity index (χ2v) is 7.90. The van der Waals surface area contributed by atoms with Gasteiger partial charge in [0.25, 0.3) is 5.91 Å². The molecule has 5 nitrogen and oxygen atoms in total. The van der Waals surface area contributed by atoms with Crippen molar-refractivity contribution in [2.24, 2.45) is 0 Å². The molecule has 2 aromatic carbocycles. The fourth-order valence-electron chi connectivity index (χ4n) is 3.96. The van der Waals surface area contributed by atoms with Gasteiger partial charge in [-0.25, -0.2) is 0 Å². The number of hydrogen-bond donors (Lipinski definition) is 1. The van der Waals surface area contributed by atoms with Crippen molar-refractivity contribution in [2.45, 2.75) is 37.5 Å². The molecule has 0 radical (unpaired) electrons. The normalized spacial score (nSPS) is 21.5. The second kappa shape index (κ2) is 7.80. The van der Waals surface area contributed by atoms with Crippen LogP contribution in [-0.2, 0) is 14.4 Å². The zero-order valence-electron chi connectivity index (χ0n) is 16.0. The number of anilines is 1. The molecule has 1 atom stereocenters. The van der Waals surface area contributed by atoms with Crippen LogP contribution in [0.2, 0.25) is 5.02 Å². The van der Waals surface area contributed by atoms with Crippen molar-refractivity contribution in [2.75, 3.05) is 11.4 Å². The van der Waals surface area contributed by atoms with Gasteiger partial charge in [0, 0.05) is 30.6 Å². The summed E-state index contributed by atoms with van der Waals surface area (Å²) in [6, 6.07) is 12.0. The van der Waals surface area contributed by atoms with Gasteiger partial charge in [-0.2, -0.15) is 8.78 Å². The maximum Gasteiger partial charge on any atom is 0.325 e. The lowest BCUT2D eigenvalue weighted by atomic mass is 9.88. The first-order chi connectivity index (χ1) is 14.3. The maximum atomic E-state index is 13.7. The second-order valence-electron chi connectivity index (χ2n) is 7.52. The van der Waals surface area contributed by atoms with E-state index >= 15 is 0 Å². The van der Waals surface area contributed by atoms with E-state index in [1.807, 2.05) is 0 Å². The number of hydrogen-bond acceptors (Lipinski definition) is 3. The molecule has 8 heteroatoms. The molecule has 2 aliphatic rings. The Morgan fingerprint density at radius 1 is 1.07 bits per heavy atom. The summed E-state index contributed by atoms with van der Waals surface area (Å²) in [6.07, 6.45) is 0.446. The molecule has 0 bridgehead atoms. The van der Waals surface area contributed by atoms with Gasteiger partial charge in [-0.05, 0) is 36.1 Å². The van der Waals surface area contributed by atoms with Crippen LogP contribution in [0, 0.1) is 0 Å². The highest BCUT2D eigenvalue weighted by Gasteiger charge is 2.45. The Morgan fingerprint density at radius 2 is 1.80 bits per heavy atom. The van der Waals surface area contributed by atoms with Crippen molar-refractivity contribution in [3.63, 3.8) is 0 Å². The average molecular weight is 433 g/mol. The third kappa shape index (κ3) is 3.69. The van der Waals surface area contributed by atoms with Gasteiger partial charge in [-0.3, -0.25) is 19.7 Å². The Balaban J connectivity index is 1.62. The molecule has 0 aliphatic carbocycles. The van der Waals surface area contributed by atoms with Crippen LogP contribution in [0.3, 0.4) is 0 Å². The first kappa shape index (κ1) is 20.5. The summed E-state index contributed by atoms with van der Waals surface area (Å²) in [7, 11) is 0. The largest absolute Gasteiger partial charge is 0.325 e. The summed E-state index contributed by atoms with van der Waals surface area (Å²) in [5, 5.41) is 2.74. The molecule has 0 saturated carbocycles. The molecule has 2 saturated heterocycles. The van der Waals surface area contributed by atoms with E-state index in [1.165, 1.54) is 0 Å². The maximum absolute atomic E-state index is 13.7. The lowest BCUT2D eigenvalue weighted by Crippen LogP contribution is -2.48. The molecule has 2 aliphatic heterocycles. The molecule has 2 heterocycles. The number of benzene rings is 2. The van der Waals surface area contributed by atoms with Gasteiger partial charge in [-0.15, -0.1) is 0 Å². The molecule has 2 fully saturated rings. The van der Waals surface area contributed by atoms with Gasteiger partial charge in [0.05, 0.1) is 10.9 Å². The predicted octanol–water partition coefficient (Wildman–Crippen LogP) is 4.29. The van der Waals surface area contributed by atoms with Crippen LogP contribution in [0.15, 0.2) is 42.5 Å². The molecular weight excluding hydrogens is 414 g/mol. The van der Waals surface area contributed by atoms with Crippen LogP contribution in [-0.4, -0.2) is 30.2 Å². The lowest BCUT2D eigenvalue weighted by Gasteiger charge is -2.32.